The van der Waals surface area contributed by atoms with E-state index in [1.54, 1.807) is 0 Å². The summed E-state index contributed by atoms with van der Waals surface area (Å²) in [5, 5.41) is 6.36. The normalized spacial score (nSPS) is 30.6. The molecule has 2 N–H and O–H groups in total. The van der Waals surface area contributed by atoms with Crippen LogP contribution in [0.15, 0.2) is 0 Å². The number of nitrogens with one attached hydrogen (secondary N) is 2. The molecule has 0 aromatic rings. The van der Waals surface area contributed by atoms with Crippen molar-refractivity contribution in [1.82, 2.24) is 15.5 Å². The molecule has 4 rings (SSSR count). The minimum Gasteiger partial charge on any atom is -0.354 e. The lowest BCUT2D eigenvalue weighted by Crippen LogP contribution is -2.48. The molecule has 2 amide bonds. The molecule has 0 spiro atoms. The molecule has 5 nitrogen and oxygen atoms in total. The third-order valence-corrected chi connectivity index (χ3v) is 6.32. The van der Waals surface area contributed by atoms with Crippen molar-refractivity contribution in [3.8, 4) is 0 Å². The summed E-state index contributed by atoms with van der Waals surface area (Å²) < 4.78 is 0. The van der Waals surface area contributed by atoms with Gasteiger partial charge in [-0.15, -0.1) is 0 Å². The van der Waals surface area contributed by atoms with Gasteiger partial charge in [-0.1, -0.05) is 0 Å². The summed E-state index contributed by atoms with van der Waals surface area (Å²) in [4.78, 5) is 27.3. The zero-order valence-electron chi connectivity index (χ0n) is 14.6. The van der Waals surface area contributed by atoms with Gasteiger partial charge in [0.1, 0.15) is 0 Å². The molecule has 4 fully saturated rings. The van der Waals surface area contributed by atoms with E-state index < -0.39 is 0 Å². The summed E-state index contributed by atoms with van der Waals surface area (Å²) in [7, 11) is 0. The first-order valence-corrected chi connectivity index (χ1v) is 10.0. The Balaban J connectivity index is 1.27. The molecule has 24 heavy (non-hydrogen) atoms. The van der Waals surface area contributed by atoms with Gasteiger partial charge in [-0.3, -0.25) is 9.59 Å². The van der Waals surface area contributed by atoms with Crippen molar-refractivity contribution < 1.29 is 9.59 Å². The van der Waals surface area contributed by atoms with Crippen molar-refractivity contribution >= 4 is 11.8 Å². The van der Waals surface area contributed by atoms with Crippen LogP contribution in [0.2, 0.25) is 0 Å². The van der Waals surface area contributed by atoms with E-state index in [4.69, 9.17) is 0 Å². The Hall–Kier alpha value is -1.10. The fraction of sp³-hybridized carbons (Fsp3) is 0.895. The molecule has 134 valence electrons. The monoisotopic (exact) mass is 333 g/mol. The summed E-state index contributed by atoms with van der Waals surface area (Å²) >= 11 is 0. The number of piperidine rings is 1. The fourth-order valence-electron chi connectivity index (χ4n) is 4.62. The van der Waals surface area contributed by atoms with Gasteiger partial charge in [0.15, 0.2) is 0 Å². The fourth-order valence-corrected chi connectivity index (χ4v) is 4.62. The number of hydrogen-bond donors (Lipinski definition) is 2. The zero-order valence-corrected chi connectivity index (χ0v) is 14.6. The maximum atomic E-state index is 13.0. The van der Waals surface area contributed by atoms with Crippen LogP contribution >= 0.6 is 0 Å². The highest BCUT2D eigenvalue weighted by Gasteiger charge is 2.47. The van der Waals surface area contributed by atoms with E-state index in [1.165, 1.54) is 25.7 Å². The van der Waals surface area contributed by atoms with Crippen LogP contribution in [-0.2, 0) is 9.59 Å². The van der Waals surface area contributed by atoms with Crippen molar-refractivity contribution in [2.45, 2.75) is 57.4 Å². The van der Waals surface area contributed by atoms with Gasteiger partial charge < -0.3 is 15.5 Å². The Morgan fingerprint density at radius 1 is 1.04 bits per heavy atom. The molecule has 0 aromatic carbocycles. The highest BCUT2D eigenvalue weighted by Crippen LogP contribution is 2.50. The van der Waals surface area contributed by atoms with Gasteiger partial charge in [-0.05, 0) is 75.7 Å². The van der Waals surface area contributed by atoms with Crippen LogP contribution in [0.3, 0.4) is 0 Å². The number of hydrogen-bond acceptors (Lipinski definition) is 3. The van der Waals surface area contributed by atoms with Crippen molar-refractivity contribution in [3.63, 3.8) is 0 Å². The van der Waals surface area contributed by atoms with Crippen molar-refractivity contribution in [2.24, 2.45) is 23.7 Å². The summed E-state index contributed by atoms with van der Waals surface area (Å²) in [6.07, 6.45) is 9.28. The van der Waals surface area contributed by atoms with Crippen molar-refractivity contribution in [3.05, 3.63) is 0 Å². The Bertz CT molecular complexity index is 469. The van der Waals surface area contributed by atoms with E-state index in [2.05, 4.69) is 15.5 Å². The van der Waals surface area contributed by atoms with Gasteiger partial charge in [0.25, 0.3) is 0 Å². The van der Waals surface area contributed by atoms with Crippen LogP contribution in [0, 0.1) is 23.7 Å². The minimum absolute atomic E-state index is 0.000407. The molecule has 2 heterocycles. The van der Waals surface area contributed by atoms with Crippen LogP contribution in [0.5, 0.6) is 0 Å². The number of amides is 2. The molecule has 2 aliphatic heterocycles. The number of carbonyl (C=O) groups is 2. The van der Waals surface area contributed by atoms with Crippen molar-refractivity contribution in [2.75, 3.05) is 26.2 Å². The van der Waals surface area contributed by atoms with Crippen LogP contribution in [0.25, 0.3) is 0 Å². The summed E-state index contributed by atoms with van der Waals surface area (Å²) in [5.41, 5.74) is 0. The highest BCUT2D eigenvalue weighted by molar-refractivity contribution is 5.82. The summed E-state index contributed by atoms with van der Waals surface area (Å²) in [6, 6.07) is 0.000407. The molecule has 0 aromatic heterocycles. The van der Waals surface area contributed by atoms with Crippen LogP contribution < -0.4 is 10.6 Å². The second kappa shape index (κ2) is 7.03. The molecular formula is C19H31N3O2. The van der Waals surface area contributed by atoms with E-state index in [0.29, 0.717) is 29.6 Å². The molecule has 0 bridgehead atoms. The topological polar surface area (TPSA) is 61.4 Å². The van der Waals surface area contributed by atoms with Gasteiger partial charge in [-0.25, -0.2) is 0 Å². The lowest BCUT2D eigenvalue weighted by molar-refractivity contribution is -0.138. The second-order valence-electron chi connectivity index (χ2n) is 8.39. The lowest BCUT2D eigenvalue weighted by Gasteiger charge is -2.35. The number of carbonyl (C=O) groups excluding carboxylic acids is 2. The summed E-state index contributed by atoms with van der Waals surface area (Å²) in [6.45, 7) is 3.43. The first-order valence-electron chi connectivity index (χ1n) is 10.0. The standard InChI is InChI=1S/C19H31N3O2/c23-18(16-4-1-9-20-16)21-11-13-3-2-10-22(12-13)19(24)17(14-5-6-14)15-7-8-15/h13-17,20H,1-12H2,(H,21,23). The molecule has 2 saturated carbocycles. The van der Waals surface area contributed by atoms with E-state index in [1.807, 2.05) is 0 Å². The van der Waals surface area contributed by atoms with E-state index in [0.717, 1.165) is 51.9 Å². The van der Waals surface area contributed by atoms with Crippen LogP contribution in [0.4, 0.5) is 0 Å². The lowest BCUT2D eigenvalue weighted by atomic mass is 9.92. The maximum absolute atomic E-state index is 13.0. The Kier molecular flexibility index (Phi) is 4.79. The number of likely N-dealkylation sites (tertiary alicyclic amines) is 1. The summed E-state index contributed by atoms with van der Waals surface area (Å²) in [5.74, 6) is 2.67. The molecule has 4 aliphatic rings. The van der Waals surface area contributed by atoms with E-state index in [-0.39, 0.29) is 11.9 Å². The molecule has 2 unspecified atom stereocenters. The van der Waals surface area contributed by atoms with Crippen LogP contribution in [-0.4, -0.2) is 48.9 Å². The van der Waals surface area contributed by atoms with Gasteiger partial charge in [0.05, 0.1) is 6.04 Å². The number of nitrogens with zero attached hydrogens (tertiary/aromatic N) is 1. The highest BCUT2D eigenvalue weighted by atomic mass is 16.2. The van der Waals surface area contributed by atoms with Crippen LogP contribution in [0.1, 0.15) is 51.4 Å². The molecule has 2 aliphatic carbocycles. The van der Waals surface area contributed by atoms with Gasteiger partial charge >= 0.3 is 0 Å². The molecule has 2 saturated heterocycles. The predicted molar refractivity (Wildman–Crippen MR) is 92.3 cm³/mol. The van der Waals surface area contributed by atoms with Gasteiger partial charge in [0.2, 0.25) is 11.8 Å². The van der Waals surface area contributed by atoms with Gasteiger partial charge in [-0.2, -0.15) is 0 Å². The third kappa shape index (κ3) is 3.76. The second-order valence-corrected chi connectivity index (χ2v) is 8.39. The molecule has 0 radical (unpaired) electrons. The first kappa shape index (κ1) is 16.4. The molecular weight excluding hydrogens is 302 g/mol. The van der Waals surface area contributed by atoms with Gasteiger partial charge in [0, 0.05) is 25.6 Å². The number of rotatable bonds is 6. The quantitative estimate of drug-likeness (QED) is 0.775. The zero-order chi connectivity index (χ0) is 16.5. The molecule has 2 atom stereocenters. The average Bonchev–Trinajstić information content (AvgIpc) is 3.54. The average molecular weight is 333 g/mol. The van der Waals surface area contributed by atoms with E-state index in [9.17, 15) is 9.59 Å². The minimum atomic E-state index is 0.000407. The largest absolute Gasteiger partial charge is 0.354 e. The third-order valence-electron chi connectivity index (χ3n) is 6.32. The molecule has 5 heteroatoms. The van der Waals surface area contributed by atoms with Crippen molar-refractivity contribution in [1.29, 1.82) is 0 Å². The van der Waals surface area contributed by atoms with E-state index >= 15 is 0 Å². The SMILES string of the molecule is O=C(NCC1CCCN(C(=O)C(C2CC2)C2CC2)C1)C1CCCN1. The Morgan fingerprint density at radius 2 is 1.79 bits per heavy atom. The smallest absolute Gasteiger partial charge is 0.237 e. The maximum Gasteiger partial charge on any atom is 0.237 e. The first-order chi connectivity index (χ1) is 11.7. The Labute approximate surface area is 144 Å². The predicted octanol–water partition coefficient (Wildman–Crippen LogP) is 1.53. The Morgan fingerprint density at radius 3 is 2.42 bits per heavy atom.